The van der Waals surface area contributed by atoms with E-state index in [2.05, 4.69) is 5.32 Å². The summed E-state index contributed by atoms with van der Waals surface area (Å²) < 4.78 is 10.9. The quantitative estimate of drug-likeness (QED) is 0.781. The lowest BCUT2D eigenvalue weighted by Gasteiger charge is -2.13. The summed E-state index contributed by atoms with van der Waals surface area (Å²) in [5, 5.41) is 4.93. The first-order valence-electron chi connectivity index (χ1n) is 7.17. The zero-order valence-corrected chi connectivity index (χ0v) is 12.3. The van der Waals surface area contributed by atoms with Gasteiger partial charge in [-0.1, -0.05) is 36.4 Å². The number of ether oxygens (including phenoxy) is 1. The molecule has 0 spiro atoms. The number of hydrogen-bond donors (Lipinski definition) is 1. The SMILES string of the molecule is C[C@H](NC(=O)COc1cccc2ccccc12)c1ccco1. The summed E-state index contributed by atoms with van der Waals surface area (Å²) in [5.74, 6) is 1.24. The van der Waals surface area contributed by atoms with Crippen LogP contribution in [0.25, 0.3) is 10.8 Å². The second-order valence-corrected chi connectivity index (χ2v) is 5.07. The van der Waals surface area contributed by atoms with Crippen molar-refractivity contribution in [1.82, 2.24) is 5.32 Å². The van der Waals surface area contributed by atoms with Crippen LogP contribution in [0.2, 0.25) is 0 Å². The van der Waals surface area contributed by atoms with E-state index in [-0.39, 0.29) is 18.6 Å². The zero-order chi connectivity index (χ0) is 15.4. The Balaban J connectivity index is 1.63. The summed E-state index contributed by atoms with van der Waals surface area (Å²) in [6.45, 7) is 1.84. The highest BCUT2D eigenvalue weighted by Gasteiger charge is 2.12. The average molecular weight is 295 g/mol. The van der Waals surface area contributed by atoms with Crippen LogP contribution in [0, 0.1) is 0 Å². The molecule has 4 heteroatoms. The van der Waals surface area contributed by atoms with Crippen molar-refractivity contribution in [2.24, 2.45) is 0 Å². The molecule has 1 heterocycles. The van der Waals surface area contributed by atoms with E-state index in [1.165, 1.54) is 0 Å². The number of benzene rings is 2. The van der Waals surface area contributed by atoms with Crippen LogP contribution < -0.4 is 10.1 Å². The molecule has 0 saturated carbocycles. The molecule has 0 aliphatic heterocycles. The Labute approximate surface area is 128 Å². The fourth-order valence-corrected chi connectivity index (χ4v) is 2.36. The van der Waals surface area contributed by atoms with Gasteiger partial charge in [0.1, 0.15) is 11.5 Å². The van der Waals surface area contributed by atoms with Gasteiger partial charge in [0.15, 0.2) is 6.61 Å². The molecule has 1 aromatic heterocycles. The highest BCUT2D eigenvalue weighted by atomic mass is 16.5. The first-order chi connectivity index (χ1) is 10.7. The van der Waals surface area contributed by atoms with Crippen LogP contribution in [0.5, 0.6) is 5.75 Å². The van der Waals surface area contributed by atoms with Gasteiger partial charge in [0.25, 0.3) is 5.91 Å². The molecule has 0 radical (unpaired) electrons. The number of hydrogen-bond acceptors (Lipinski definition) is 3. The molecule has 1 atom stereocenters. The number of carbonyl (C=O) groups excluding carboxylic acids is 1. The van der Waals surface area contributed by atoms with Crippen molar-refractivity contribution >= 4 is 16.7 Å². The van der Waals surface area contributed by atoms with Crippen molar-refractivity contribution in [2.45, 2.75) is 13.0 Å². The van der Waals surface area contributed by atoms with E-state index in [4.69, 9.17) is 9.15 Å². The van der Waals surface area contributed by atoms with Gasteiger partial charge in [-0.05, 0) is 30.5 Å². The Hall–Kier alpha value is -2.75. The van der Waals surface area contributed by atoms with E-state index >= 15 is 0 Å². The molecule has 0 saturated heterocycles. The predicted octanol–water partition coefficient (Wildman–Crippen LogP) is 3.69. The van der Waals surface area contributed by atoms with Gasteiger partial charge >= 0.3 is 0 Å². The van der Waals surface area contributed by atoms with Gasteiger partial charge in [-0.15, -0.1) is 0 Å². The van der Waals surface area contributed by atoms with Gasteiger partial charge in [-0.25, -0.2) is 0 Å². The second-order valence-electron chi connectivity index (χ2n) is 5.07. The molecule has 0 aliphatic rings. The molecular weight excluding hydrogens is 278 g/mol. The molecule has 4 nitrogen and oxygen atoms in total. The fraction of sp³-hybridized carbons (Fsp3) is 0.167. The maximum Gasteiger partial charge on any atom is 0.258 e. The Morgan fingerprint density at radius 3 is 2.77 bits per heavy atom. The third-order valence-electron chi connectivity index (χ3n) is 3.46. The van der Waals surface area contributed by atoms with Crippen LogP contribution in [-0.2, 0) is 4.79 Å². The largest absolute Gasteiger partial charge is 0.483 e. The van der Waals surface area contributed by atoms with Crippen LogP contribution >= 0.6 is 0 Å². The minimum atomic E-state index is -0.183. The minimum Gasteiger partial charge on any atom is -0.483 e. The summed E-state index contributed by atoms with van der Waals surface area (Å²) in [6.07, 6.45) is 1.59. The standard InChI is InChI=1S/C18H17NO3/c1-13(16-10-5-11-21-16)19-18(20)12-22-17-9-4-7-14-6-2-3-8-15(14)17/h2-11,13H,12H2,1H3,(H,19,20)/t13-/m0/s1. The monoisotopic (exact) mass is 295 g/mol. The number of carbonyl (C=O) groups is 1. The first-order valence-corrected chi connectivity index (χ1v) is 7.17. The van der Waals surface area contributed by atoms with E-state index in [9.17, 15) is 4.79 Å². The maximum absolute atomic E-state index is 12.0. The Morgan fingerprint density at radius 2 is 1.95 bits per heavy atom. The molecule has 0 unspecified atom stereocenters. The van der Waals surface area contributed by atoms with Crippen molar-refractivity contribution in [3.8, 4) is 5.75 Å². The number of nitrogens with one attached hydrogen (secondary N) is 1. The molecule has 22 heavy (non-hydrogen) atoms. The normalized spacial score (nSPS) is 12.0. The molecule has 1 amide bonds. The summed E-state index contributed by atoms with van der Waals surface area (Å²) in [7, 11) is 0. The highest BCUT2D eigenvalue weighted by Crippen LogP contribution is 2.25. The first kappa shape index (κ1) is 14.2. The molecular formula is C18H17NO3. The summed E-state index contributed by atoms with van der Waals surface area (Å²) >= 11 is 0. The summed E-state index contributed by atoms with van der Waals surface area (Å²) in [4.78, 5) is 12.0. The highest BCUT2D eigenvalue weighted by molar-refractivity contribution is 5.88. The second kappa shape index (κ2) is 6.35. The number of furan rings is 1. The van der Waals surface area contributed by atoms with Gasteiger partial charge in [-0.3, -0.25) is 4.79 Å². The topological polar surface area (TPSA) is 51.5 Å². The summed E-state index contributed by atoms with van der Waals surface area (Å²) in [5.41, 5.74) is 0. The Morgan fingerprint density at radius 1 is 1.14 bits per heavy atom. The van der Waals surface area contributed by atoms with E-state index in [1.54, 1.807) is 12.3 Å². The van der Waals surface area contributed by atoms with Gasteiger partial charge in [0.05, 0.1) is 12.3 Å². The van der Waals surface area contributed by atoms with Gasteiger partial charge in [-0.2, -0.15) is 0 Å². The lowest BCUT2D eigenvalue weighted by molar-refractivity contribution is -0.123. The third kappa shape index (κ3) is 3.11. The van der Waals surface area contributed by atoms with E-state index in [0.29, 0.717) is 5.75 Å². The van der Waals surface area contributed by atoms with E-state index in [0.717, 1.165) is 16.5 Å². The van der Waals surface area contributed by atoms with Crippen LogP contribution in [0.3, 0.4) is 0 Å². The van der Waals surface area contributed by atoms with Crippen molar-refractivity contribution in [2.75, 3.05) is 6.61 Å². The van der Waals surface area contributed by atoms with Gasteiger partial charge in [0, 0.05) is 5.39 Å². The Bertz CT molecular complexity index is 760. The summed E-state index contributed by atoms with van der Waals surface area (Å²) in [6, 6.07) is 17.2. The zero-order valence-electron chi connectivity index (χ0n) is 12.3. The smallest absolute Gasteiger partial charge is 0.258 e. The van der Waals surface area contributed by atoms with E-state index in [1.807, 2.05) is 55.5 Å². The predicted molar refractivity (Wildman–Crippen MR) is 84.7 cm³/mol. The van der Waals surface area contributed by atoms with Crippen molar-refractivity contribution in [3.05, 3.63) is 66.6 Å². The van der Waals surface area contributed by atoms with Crippen LogP contribution in [-0.4, -0.2) is 12.5 Å². The lowest BCUT2D eigenvalue weighted by Crippen LogP contribution is -2.31. The maximum atomic E-state index is 12.0. The van der Waals surface area contributed by atoms with Crippen LogP contribution in [0.4, 0.5) is 0 Å². The molecule has 3 aromatic rings. The molecule has 0 bridgehead atoms. The molecule has 1 N–H and O–H groups in total. The number of fused-ring (bicyclic) bond motifs is 1. The molecule has 2 aromatic carbocycles. The molecule has 0 aliphatic carbocycles. The number of rotatable bonds is 5. The molecule has 3 rings (SSSR count). The van der Waals surface area contributed by atoms with E-state index < -0.39 is 0 Å². The van der Waals surface area contributed by atoms with Gasteiger partial charge < -0.3 is 14.5 Å². The molecule has 0 fully saturated rings. The fourth-order valence-electron chi connectivity index (χ4n) is 2.36. The van der Waals surface area contributed by atoms with Crippen molar-refractivity contribution < 1.29 is 13.9 Å². The minimum absolute atomic E-state index is 0.0287. The van der Waals surface area contributed by atoms with Gasteiger partial charge in [0.2, 0.25) is 0 Å². The van der Waals surface area contributed by atoms with Crippen LogP contribution in [0.15, 0.2) is 65.3 Å². The van der Waals surface area contributed by atoms with Crippen molar-refractivity contribution in [3.63, 3.8) is 0 Å². The number of amides is 1. The lowest BCUT2D eigenvalue weighted by atomic mass is 10.1. The average Bonchev–Trinajstić information content (AvgIpc) is 3.07. The van der Waals surface area contributed by atoms with Crippen LogP contribution in [0.1, 0.15) is 18.7 Å². The molecule has 112 valence electrons. The third-order valence-corrected chi connectivity index (χ3v) is 3.46. The Kier molecular flexibility index (Phi) is 4.10. The van der Waals surface area contributed by atoms with Crippen molar-refractivity contribution in [1.29, 1.82) is 0 Å².